The Morgan fingerprint density at radius 1 is 1.44 bits per heavy atom. The van der Waals surface area contributed by atoms with Gasteiger partial charge in [-0.05, 0) is 25.2 Å². The lowest BCUT2D eigenvalue weighted by molar-refractivity contribution is 0.590. The van der Waals surface area contributed by atoms with E-state index in [9.17, 15) is 4.39 Å². The van der Waals surface area contributed by atoms with Crippen LogP contribution in [0.1, 0.15) is 26.7 Å². The lowest BCUT2D eigenvalue weighted by Gasteiger charge is -2.12. The highest BCUT2D eigenvalue weighted by Gasteiger charge is 2.37. The summed E-state index contributed by atoms with van der Waals surface area (Å²) in [4.78, 5) is 7.94. The molecule has 0 spiro atoms. The molecule has 1 aromatic rings. The molecule has 0 bridgehead atoms. The van der Waals surface area contributed by atoms with Crippen molar-refractivity contribution < 1.29 is 4.39 Å². The lowest BCUT2D eigenvalue weighted by Crippen LogP contribution is -2.15. The molecule has 0 atom stereocenters. The van der Waals surface area contributed by atoms with Gasteiger partial charge in [0.25, 0.3) is 0 Å². The fourth-order valence-electron chi connectivity index (χ4n) is 1.42. The van der Waals surface area contributed by atoms with Crippen LogP contribution in [0.2, 0.25) is 0 Å². The van der Waals surface area contributed by atoms with Gasteiger partial charge in [0.05, 0.1) is 6.20 Å². The highest BCUT2D eigenvalue weighted by Crippen LogP contribution is 2.44. The van der Waals surface area contributed by atoms with Crippen molar-refractivity contribution >= 4 is 11.8 Å². The summed E-state index contributed by atoms with van der Waals surface area (Å²) in [6.45, 7) is 5.63. The molecule has 1 aliphatic rings. The maximum absolute atomic E-state index is 13.4. The predicted octanol–water partition coefficient (Wildman–Crippen LogP) is 2.26. The number of rotatable bonds is 5. The van der Waals surface area contributed by atoms with Crippen molar-refractivity contribution in [2.75, 3.05) is 23.7 Å². The van der Waals surface area contributed by atoms with Crippen molar-refractivity contribution in [3.8, 4) is 0 Å². The third-order valence-corrected chi connectivity index (χ3v) is 2.87. The zero-order chi connectivity index (χ0) is 11.6. The van der Waals surface area contributed by atoms with E-state index in [1.165, 1.54) is 19.0 Å². The molecule has 1 saturated carbocycles. The summed E-state index contributed by atoms with van der Waals surface area (Å²) in [5, 5.41) is 6.01. The first-order valence-corrected chi connectivity index (χ1v) is 5.63. The zero-order valence-electron chi connectivity index (χ0n) is 9.68. The minimum absolute atomic E-state index is 0.291. The van der Waals surface area contributed by atoms with Crippen LogP contribution in [-0.2, 0) is 0 Å². The van der Waals surface area contributed by atoms with Gasteiger partial charge in [-0.3, -0.25) is 0 Å². The Bertz CT molecular complexity index is 376. The summed E-state index contributed by atoms with van der Waals surface area (Å²) < 4.78 is 13.4. The van der Waals surface area contributed by atoms with E-state index in [1.54, 1.807) is 0 Å². The quantitative estimate of drug-likeness (QED) is 0.805. The minimum atomic E-state index is -0.397. The van der Waals surface area contributed by atoms with Gasteiger partial charge in [0.1, 0.15) is 0 Å². The Labute approximate surface area is 94.7 Å². The van der Waals surface area contributed by atoms with Crippen molar-refractivity contribution in [1.29, 1.82) is 0 Å². The smallest absolute Gasteiger partial charge is 0.224 e. The van der Waals surface area contributed by atoms with E-state index in [1.807, 2.05) is 6.92 Å². The molecular weight excluding hydrogens is 207 g/mol. The van der Waals surface area contributed by atoms with Crippen LogP contribution in [0.25, 0.3) is 0 Å². The number of nitrogens with zero attached hydrogens (tertiary/aromatic N) is 2. The second-order valence-electron chi connectivity index (χ2n) is 4.58. The molecule has 0 unspecified atom stereocenters. The van der Waals surface area contributed by atoms with E-state index in [4.69, 9.17) is 0 Å². The molecule has 4 nitrogen and oxygen atoms in total. The maximum Gasteiger partial charge on any atom is 0.224 e. The molecule has 88 valence electrons. The molecular formula is C11H17FN4. The number of hydrogen-bond acceptors (Lipinski definition) is 4. The molecule has 1 aliphatic carbocycles. The monoisotopic (exact) mass is 224 g/mol. The van der Waals surface area contributed by atoms with Gasteiger partial charge in [-0.25, -0.2) is 9.37 Å². The van der Waals surface area contributed by atoms with E-state index in [-0.39, 0.29) is 0 Å². The van der Waals surface area contributed by atoms with Gasteiger partial charge >= 0.3 is 0 Å². The predicted molar refractivity (Wildman–Crippen MR) is 62.0 cm³/mol. The number of anilines is 2. The van der Waals surface area contributed by atoms with Crippen LogP contribution in [0.15, 0.2) is 6.20 Å². The Hall–Kier alpha value is -1.39. The standard InChI is InChI=1S/C11H17FN4/c1-3-13-10-14-6-8(12)9(16-10)15-7-11(2)4-5-11/h6H,3-5,7H2,1-2H3,(H2,13,14,15,16). The van der Waals surface area contributed by atoms with E-state index in [0.717, 1.165) is 13.1 Å². The Balaban J connectivity index is 2.03. The number of nitrogens with one attached hydrogen (secondary N) is 2. The molecule has 0 aliphatic heterocycles. The van der Waals surface area contributed by atoms with Crippen molar-refractivity contribution in [1.82, 2.24) is 9.97 Å². The van der Waals surface area contributed by atoms with Crippen LogP contribution in [-0.4, -0.2) is 23.1 Å². The van der Waals surface area contributed by atoms with Crippen LogP contribution in [0.4, 0.5) is 16.2 Å². The highest BCUT2D eigenvalue weighted by molar-refractivity contribution is 5.41. The fourth-order valence-corrected chi connectivity index (χ4v) is 1.42. The van der Waals surface area contributed by atoms with Gasteiger partial charge in [0, 0.05) is 13.1 Å². The maximum atomic E-state index is 13.4. The van der Waals surface area contributed by atoms with Crippen molar-refractivity contribution in [3.63, 3.8) is 0 Å². The van der Waals surface area contributed by atoms with E-state index < -0.39 is 5.82 Å². The Morgan fingerprint density at radius 3 is 2.81 bits per heavy atom. The van der Waals surface area contributed by atoms with Gasteiger partial charge in [0.2, 0.25) is 5.95 Å². The molecule has 0 saturated heterocycles. The highest BCUT2D eigenvalue weighted by atomic mass is 19.1. The molecule has 5 heteroatoms. The normalized spacial score (nSPS) is 16.9. The van der Waals surface area contributed by atoms with Crippen molar-refractivity contribution in [2.24, 2.45) is 5.41 Å². The number of halogens is 1. The van der Waals surface area contributed by atoms with Crippen LogP contribution in [0.5, 0.6) is 0 Å². The Kier molecular flexibility index (Phi) is 2.94. The summed E-state index contributed by atoms with van der Waals surface area (Å²) in [5.41, 5.74) is 0.329. The van der Waals surface area contributed by atoms with E-state index in [0.29, 0.717) is 17.2 Å². The van der Waals surface area contributed by atoms with Gasteiger partial charge in [-0.15, -0.1) is 0 Å². The third-order valence-electron chi connectivity index (χ3n) is 2.87. The molecule has 0 radical (unpaired) electrons. The SMILES string of the molecule is CCNc1ncc(F)c(NCC2(C)CC2)n1. The van der Waals surface area contributed by atoms with E-state index in [2.05, 4.69) is 27.5 Å². The average Bonchev–Trinajstić information content (AvgIpc) is 2.99. The Morgan fingerprint density at radius 2 is 2.19 bits per heavy atom. The topological polar surface area (TPSA) is 49.8 Å². The molecule has 0 amide bonds. The lowest BCUT2D eigenvalue weighted by atomic mass is 10.1. The first-order chi connectivity index (χ1) is 7.63. The molecule has 16 heavy (non-hydrogen) atoms. The van der Waals surface area contributed by atoms with Gasteiger partial charge in [-0.2, -0.15) is 4.98 Å². The third kappa shape index (κ3) is 2.59. The summed E-state index contributed by atoms with van der Waals surface area (Å²) in [5.74, 6) is 0.359. The molecule has 2 rings (SSSR count). The average molecular weight is 224 g/mol. The molecule has 1 heterocycles. The zero-order valence-corrected chi connectivity index (χ0v) is 9.68. The molecule has 1 fully saturated rings. The number of aromatic nitrogens is 2. The van der Waals surface area contributed by atoms with Crippen molar-refractivity contribution in [3.05, 3.63) is 12.0 Å². The number of hydrogen-bond donors (Lipinski definition) is 2. The minimum Gasteiger partial charge on any atom is -0.367 e. The van der Waals surface area contributed by atoms with E-state index >= 15 is 0 Å². The van der Waals surface area contributed by atoms with Crippen molar-refractivity contribution in [2.45, 2.75) is 26.7 Å². The van der Waals surface area contributed by atoms with Crippen LogP contribution in [0.3, 0.4) is 0 Å². The first-order valence-electron chi connectivity index (χ1n) is 5.63. The second-order valence-corrected chi connectivity index (χ2v) is 4.58. The largest absolute Gasteiger partial charge is 0.367 e. The van der Waals surface area contributed by atoms with Crippen LogP contribution >= 0.6 is 0 Å². The van der Waals surface area contributed by atoms with Gasteiger partial charge < -0.3 is 10.6 Å². The first kappa shape index (κ1) is 11.1. The fraction of sp³-hybridized carbons (Fsp3) is 0.636. The van der Waals surface area contributed by atoms with Gasteiger partial charge in [-0.1, -0.05) is 6.92 Å². The molecule has 1 aromatic heterocycles. The van der Waals surface area contributed by atoms with Crippen LogP contribution in [0, 0.1) is 11.2 Å². The summed E-state index contributed by atoms with van der Waals surface area (Å²) in [6, 6.07) is 0. The van der Waals surface area contributed by atoms with Gasteiger partial charge in [0.15, 0.2) is 11.6 Å². The second kappa shape index (κ2) is 4.23. The van der Waals surface area contributed by atoms with Crippen LogP contribution < -0.4 is 10.6 Å². The molecule has 0 aromatic carbocycles. The summed E-state index contributed by atoms with van der Waals surface area (Å²) in [6.07, 6.45) is 3.60. The summed E-state index contributed by atoms with van der Waals surface area (Å²) >= 11 is 0. The molecule has 2 N–H and O–H groups in total. The summed E-state index contributed by atoms with van der Waals surface area (Å²) in [7, 11) is 0.